The number of fused-ring (bicyclic) bond motifs is 3. The van der Waals surface area contributed by atoms with Gasteiger partial charge in [0, 0.05) is 12.0 Å². The number of nitro benzene ring substituents is 1. The zero-order valence-electron chi connectivity index (χ0n) is 11.3. The molecule has 20 heavy (non-hydrogen) atoms. The fourth-order valence-electron chi connectivity index (χ4n) is 2.48. The zero-order chi connectivity index (χ0) is 14.3. The number of hydrogen-bond acceptors (Lipinski definition) is 4. The smallest absolute Gasteiger partial charge is 0.320 e. The summed E-state index contributed by atoms with van der Waals surface area (Å²) >= 11 is 0. The third-order valence-electron chi connectivity index (χ3n) is 3.21. The first kappa shape index (κ1) is 12.6. The van der Waals surface area contributed by atoms with Crippen LogP contribution in [0, 0.1) is 10.1 Å². The number of hydrogen-bond donors (Lipinski definition) is 0. The first-order valence-corrected chi connectivity index (χ1v) is 6.51. The predicted octanol–water partition coefficient (Wildman–Crippen LogP) is 3.81. The second-order valence-electron chi connectivity index (χ2n) is 5.00. The minimum absolute atomic E-state index is 0.0106. The molecule has 0 amide bonds. The molecule has 2 aliphatic rings. The van der Waals surface area contributed by atoms with E-state index < -0.39 is 0 Å². The van der Waals surface area contributed by atoms with E-state index in [9.17, 15) is 10.1 Å². The van der Waals surface area contributed by atoms with E-state index >= 15 is 0 Å². The number of ether oxygens (including phenoxy) is 1. The molecule has 0 saturated carbocycles. The lowest BCUT2D eigenvalue weighted by molar-refractivity contribution is -0.386. The van der Waals surface area contributed by atoms with Gasteiger partial charge in [-0.05, 0) is 26.0 Å². The van der Waals surface area contributed by atoms with Gasteiger partial charge in [-0.25, -0.2) is 0 Å². The summed E-state index contributed by atoms with van der Waals surface area (Å²) in [6, 6.07) is 3.42. The van der Waals surface area contributed by atoms with Crippen LogP contribution in [0.1, 0.15) is 25.8 Å². The maximum atomic E-state index is 11.5. The number of aliphatic imine (C=N–C) groups is 1. The van der Waals surface area contributed by atoms with Crippen LogP contribution in [0.4, 0.5) is 11.4 Å². The van der Waals surface area contributed by atoms with Crippen LogP contribution < -0.4 is 4.74 Å². The molecule has 5 nitrogen and oxygen atoms in total. The Morgan fingerprint density at radius 2 is 2.20 bits per heavy atom. The van der Waals surface area contributed by atoms with Gasteiger partial charge in [-0.2, -0.15) is 0 Å². The molecule has 1 aromatic carbocycles. The summed E-state index contributed by atoms with van der Waals surface area (Å²) in [6.45, 7) is 3.70. The van der Waals surface area contributed by atoms with Crippen molar-refractivity contribution < 1.29 is 9.66 Å². The molecule has 0 aromatic heterocycles. The Hall–Kier alpha value is -2.43. The summed E-state index contributed by atoms with van der Waals surface area (Å²) in [7, 11) is 0. The number of allylic oxidation sites excluding steroid dienone is 4. The number of benzene rings is 1. The summed E-state index contributed by atoms with van der Waals surface area (Å²) in [5.74, 6) is 0.302. The molecular formula is C15H14N2O3. The second-order valence-corrected chi connectivity index (χ2v) is 5.00. The Bertz CT molecular complexity index is 685. The summed E-state index contributed by atoms with van der Waals surface area (Å²) in [5, 5.41) is 11.5. The molecule has 0 spiro atoms. The van der Waals surface area contributed by atoms with E-state index in [1.807, 2.05) is 32.1 Å². The Kier molecular flexibility index (Phi) is 2.89. The van der Waals surface area contributed by atoms with Gasteiger partial charge in [0.1, 0.15) is 0 Å². The SMILES string of the molecule is CC(C)Oc1ccc2c(c1[N+](=O)[O-])C1=CC=CCC1=N2. The summed E-state index contributed by atoms with van der Waals surface area (Å²) < 4.78 is 5.57. The van der Waals surface area contributed by atoms with Gasteiger partial charge >= 0.3 is 5.69 Å². The third kappa shape index (κ3) is 1.91. The van der Waals surface area contributed by atoms with Gasteiger partial charge in [0.2, 0.25) is 0 Å². The van der Waals surface area contributed by atoms with Crippen molar-refractivity contribution >= 4 is 22.7 Å². The van der Waals surface area contributed by atoms with Crippen LogP contribution in [0.5, 0.6) is 5.75 Å². The summed E-state index contributed by atoms with van der Waals surface area (Å²) in [4.78, 5) is 15.6. The van der Waals surface area contributed by atoms with Gasteiger partial charge in [-0.15, -0.1) is 0 Å². The van der Waals surface area contributed by atoms with Gasteiger partial charge in [-0.1, -0.05) is 18.2 Å². The summed E-state index contributed by atoms with van der Waals surface area (Å²) in [5.41, 5.74) is 2.96. The van der Waals surface area contributed by atoms with E-state index in [-0.39, 0.29) is 16.7 Å². The molecule has 0 saturated heterocycles. The number of rotatable bonds is 3. The molecule has 3 rings (SSSR count). The molecule has 0 atom stereocenters. The molecule has 0 N–H and O–H groups in total. The van der Waals surface area contributed by atoms with Gasteiger partial charge in [0.15, 0.2) is 5.75 Å². The number of nitrogens with zero attached hydrogens (tertiary/aromatic N) is 2. The minimum Gasteiger partial charge on any atom is -0.484 e. The highest BCUT2D eigenvalue weighted by Gasteiger charge is 2.33. The van der Waals surface area contributed by atoms with Crippen LogP contribution in [-0.4, -0.2) is 16.7 Å². The molecule has 0 bridgehead atoms. The van der Waals surface area contributed by atoms with Crippen LogP contribution >= 0.6 is 0 Å². The average Bonchev–Trinajstić information content (AvgIpc) is 2.76. The van der Waals surface area contributed by atoms with Crippen LogP contribution in [0.3, 0.4) is 0 Å². The van der Waals surface area contributed by atoms with E-state index in [1.165, 1.54) is 0 Å². The van der Waals surface area contributed by atoms with E-state index in [0.717, 1.165) is 11.3 Å². The van der Waals surface area contributed by atoms with Crippen molar-refractivity contribution in [2.45, 2.75) is 26.4 Å². The van der Waals surface area contributed by atoms with Crippen LogP contribution in [0.25, 0.3) is 5.57 Å². The Morgan fingerprint density at radius 1 is 1.40 bits per heavy atom. The molecular weight excluding hydrogens is 256 g/mol. The van der Waals surface area contributed by atoms with Gasteiger partial charge < -0.3 is 4.74 Å². The Balaban J connectivity index is 2.20. The molecule has 1 aliphatic heterocycles. The number of nitro groups is 1. The first-order valence-electron chi connectivity index (χ1n) is 6.51. The lowest BCUT2D eigenvalue weighted by Gasteiger charge is -2.12. The summed E-state index contributed by atoms with van der Waals surface area (Å²) in [6.07, 6.45) is 6.36. The molecule has 102 valence electrons. The highest BCUT2D eigenvalue weighted by molar-refractivity contribution is 6.31. The van der Waals surface area contributed by atoms with Crippen molar-refractivity contribution in [3.05, 3.63) is 46.0 Å². The lowest BCUT2D eigenvalue weighted by atomic mass is 9.96. The standard InChI is InChI=1S/C15H14N2O3/c1-9(2)20-13-8-7-12-14(15(13)17(18)19)10-5-3-4-6-11(10)16-12/h3-5,7-9H,6H2,1-2H3. The molecule has 0 radical (unpaired) electrons. The van der Waals surface area contributed by atoms with Crippen molar-refractivity contribution in [1.82, 2.24) is 0 Å². The fourth-order valence-corrected chi connectivity index (χ4v) is 2.48. The maximum absolute atomic E-state index is 11.5. The van der Waals surface area contributed by atoms with Crippen molar-refractivity contribution in [2.75, 3.05) is 0 Å². The Morgan fingerprint density at radius 3 is 2.90 bits per heavy atom. The average molecular weight is 270 g/mol. The van der Waals surface area contributed by atoms with Crippen LogP contribution in [-0.2, 0) is 0 Å². The van der Waals surface area contributed by atoms with E-state index in [0.29, 0.717) is 23.4 Å². The van der Waals surface area contributed by atoms with Crippen molar-refractivity contribution in [1.29, 1.82) is 0 Å². The Labute approximate surface area is 116 Å². The second kappa shape index (κ2) is 4.59. The molecule has 1 aliphatic carbocycles. The van der Waals surface area contributed by atoms with Crippen LogP contribution in [0.2, 0.25) is 0 Å². The van der Waals surface area contributed by atoms with Gasteiger partial charge in [0.05, 0.1) is 28.0 Å². The molecule has 0 fully saturated rings. The minimum atomic E-state index is -0.381. The zero-order valence-corrected chi connectivity index (χ0v) is 11.3. The highest BCUT2D eigenvalue weighted by atomic mass is 16.6. The first-order chi connectivity index (χ1) is 9.58. The van der Waals surface area contributed by atoms with E-state index in [2.05, 4.69) is 4.99 Å². The van der Waals surface area contributed by atoms with Crippen LogP contribution in [0.15, 0.2) is 35.4 Å². The third-order valence-corrected chi connectivity index (χ3v) is 3.21. The molecule has 5 heteroatoms. The lowest BCUT2D eigenvalue weighted by Crippen LogP contribution is -2.09. The fraction of sp³-hybridized carbons (Fsp3) is 0.267. The monoisotopic (exact) mass is 270 g/mol. The highest BCUT2D eigenvalue weighted by Crippen LogP contribution is 2.47. The molecule has 0 unspecified atom stereocenters. The topological polar surface area (TPSA) is 64.7 Å². The van der Waals surface area contributed by atoms with Gasteiger partial charge in [-0.3, -0.25) is 15.1 Å². The molecule has 1 heterocycles. The normalized spacial score (nSPS) is 15.6. The van der Waals surface area contributed by atoms with Crippen molar-refractivity contribution in [3.8, 4) is 5.75 Å². The van der Waals surface area contributed by atoms with Crippen molar-refractivity contribution in [2.24, 2.45) is 4.99 Å². The largest absolute Gasteiger partial charge is 0.484 e. The van der Waals surface area contributed by atoms with Crippen molar-refractivity contribution in [3.63, 3.8) is 0 Å². The predicted molar refractivity (Wildman–Crippen MR) is 77.7 cm³/mol. The van der Waals surface area contributed by atoms with Gasteiger partial charge in [0.25, 0.3) is 0 Å². The van der Waals surface area contributed by atoms with E-state index in [4.69, 9.17) is 4.74 Å². The maximum Gasteiger partial charge on any atom is 0.320 e. The quantitative estimate of drug-likeness (QED) is 0.619. The van der Waals surface area contributed by atoms with E-state index in [1.54, 1.807) is 12.1 Å². The molecule has 1 aromatic rings.